The Morgan fingerprint density at radius 1 is 1.09 bits per heavy atom. The Morgan fingerprint density at radius 2 is 1.95 bits per heavy atom. The average Bonchev–Trinajstić information content (AvgIpc) is 3.03. The number of hydrogen-bond acceptors (Lipinski definition) is 2. The molecule has 4 nitrogen and oxygen atoms in total. The van der Waals surface area contributed by atoms with E-state index in [0.29, 0.717) is 25.3 Å². The van der Waals surface area contributed by atoms with E-state index >= 15 is 0 Å². The molecule has 1 heterocycles. The van der Waals surface area contributed by atoms with E-state index in [1.54, 1.807) is 0 Å². The molecule has 0 bridgehead atoms. The van der Waals surface area contributed by atoms with Crippen LogP contribution in [0.1, 0.15) is 15.9 Å². The number of carbonyl (C=O) groups excluding carboxylic acids is 1. The second-order valence-electron chi connectivity index (χ2n) is 5.07. The van der Waals surface area contributed by atoms with Crippen molar-refractivity contribution in [3.05, 3.63) is 71.9 Å². The lowest BCUT2D eigenvalue weighted by Gasteiger charge is -2.07. The molecule has 2 N–H and O–H groups in total. The maximum absolute atomic E-state index is 12.1. The van der Waals surface area contributed by atoms with E-state index < -0.39 is 0 Å². The summed E-state index contributed by atoms with van der Waals surface area (Å²) < 4.78 is 5.54. The number of rotatable bonds is 6. The fraction of sp³-hybridized carbons (Fsp3) is 0.167. The van der Waals surface area contributed by atoms with E-state index in [0.717, 1.165) is 16.5 Å². The smallest absolute Gasteiger partial charge is 0.251 e. The zero-order valence-corrected chi connectivity index (χ0v) is 12.2. The summed E-state index contributed by atoms with van der Waals surface area (Å²) in [5.41, 5.74) is 2.82. The molecule has 0 fully saturated rings. The Bertz CT molecular complexity index is 750. The van der Waals surface area contributed by atoms with Crippen LogP contribution in [0.2, 0.25) is 0 Å². The first kappa shape index (κ1) is 14.4. The first-order valence-corrected chi connectivity index (χ1v) is 7.30. The molecule has 0 saturated heterocycles. The molecule has 0 atom stereocenters. The molecule has 0 aliphatic heterocycles. The Labute approximate surface area is 129 Å². The molecule has 3 rings (SSSR count). The predicted molar refractivity (Wildman–Crippen MR) is 86.7 cm³/mol. The van der Waals surface area contributed by atoms with Gasteiger partial charge in [0.2, 0.25) is 0 Å². The topological polar surface area (TPSA) is 54.1 Å². The van der Waals surface area contributed by atoms with Crippen LogP contribution >= 0.6 is 0 Å². The number of fused-ring (bicyclic) bond motifs is 1. The van der Waals surface area contributed by atoms with Gasteiger partial charge < -0.3 is 15.0 Å². The molecule has 0 saturated carbocycles. The molecule has 1 aromatic heterocycles. The summed E-state index contributed by atoms with van der Waals surface area (Å²) in [6.07, 6.45) is 1.86. The van der Waals surface area contributed by atoms with Crippen molar-refractivity contribution in [3.8, 4) is 0 Å². The van der Waals surface area contributed by atoms with Crippen LogP contribution in [0.4, 0.5) is 0 Å². The zero-order valence-electron chi connectivity index (χ0n) is 12.2. The predicted octanol–water partition coefficient (Wildman–Crippen LogP) is 3.11. The first-order chi connectivity index (χ1) is 10.8. The lowest BCUT2D eigenvalue weighted by molar-refractivity contribution is 0.0901. The Balaban J connectivity index is 1.44. The normalized spacial score (nSPS) is 10.7. The molecular weight excluding hydrogens is 276 g/mol. The van der Waals surface area contributed by atoms with Crippen molar-refractivity contribution in [1.29, 1.82) is 0 Å². The zero-order chi connectivity index (χ0) is 15.2. The van der Waals surface area contributed by atoms with Gasteiger partial charge in [-0.3, -0.25) is 4.79 Å². The number of aromatic nitrogens is 1. The Kier molecular flexibility index (Phi) is 4.51. The van der Waals surface area contributed by atoms with Crippen LogP contribution in [0.25, 0.3) is 10.9 Å². The highest BCUT2D eigenvalue weighted by Crippen LogP contribution is 2.14. The highest BCUT2D eigenvalue weighted by molar-refractivity contribution is 5.98. The van der Waals surface area contributed by atoms with Gasteiger partial charge in [0.1, 0.15) is 0 Å². The van der Waals surface area contributed by atoms with Crippen LogP contribution in [-0.4, -0.2) is 24.0 Å². The second kappa shape index (κ2) is 6.91. The van der Waals surface area contributed by atoms with E-state index in [9.17, 15) is 4.79 Å². The average molecular weight is 294 g/mol. The molecule has 22 heavy (non-hydrogen) atoms. The SMILES string of the molecule is O=C(NCCOCc1ccccc1)c1ccc2[nH]ccc2c1. The summed E-state index contributed by atoms with van der Waals surface area (Å²) in [6, 6.07) is 17.5. The van der Waals surface area contributed by atoms with E-state index in [4.69, 9.17) is 4.74 Å². The molecule has 112 valence electrons. The number of benzene rings is 2. The molecule has 2 aromatic carbocycles. The maximum Gasteiger partial charge on any atom is 0.251 e. The van der Waals surface area contributed by atoms with Crippen molar-refractivity contribution in [2.24, 2.45) is 0 Å². The van der Waals surface area contributed by atoms with E-state index in [2.05, 4.69) is 10.3 Å². The van der Waals surface area contributed by atoms with Gasteiger partial charge in [0.25, 0.3) is 5.91 Å². The number of hydrogen-bond donors (Lipinski definition) is 2. The van der Waals surface area contributed by atoms with Crippen LogP contribution in [0.3, 0.4) is 0 Å². The standard InChI is InChI=1S/C18H18N2O2/c21-18(16-6-7-17-15(12-16)8-9-19-17)20-10-11-22-13-14-4-2-1-3-5-14/h1-9,12,19H,10-11,13H2,(H,20,21). The lowest BCUT2D eigenvalue weighted by atomic mass is 10.1. The van der Waals surface area contributed by atoms with Gasteiger partial charge in [-0.05, 0) is 29.8 Å². The van der Waals surface area contributed by atoms with Crippen molar-refractivity contribution in [2.45, 2.75) is 6.61 Å². The van der Waals surface area contributed by atoms with Crippen molar-refractivity contribution < 1.29 is 9.53 Å². The Hall–Kier alpha value is -2.59. The van der Waals surface area contributed by atoms with Gasteiger partial charge in [0, 0.05) is 29.2 Å². The third-order valence-electron chi connectivity index (χ3n) is 3.46. The maximum atomic E-state index is 12.1. The van der Waals surface area contributed by atoms with Crippen LogP contribution in [0.5, 0.6) is 0 Å². The lowest BCUT2D eigenvalue weighted by Crippen LogP contribution is -2.27. The van der Waals surface area contributed by atoms with Gasteiger partial charge in [0.05, 0.1) is 13.2 Å². The Morgan fingerprint density at radius 3 is 2.82 bits per heavy atom. The minimum Gasteiger partial charge on any atom is -0.375 e. The van der Waals surface area contributed by atoms with Crippen LogP contribution < -0.4 is 5.32 Å². The van der Waals surface area contributed by atoms with Crippen LogP contribution in [0.15, 0.2) is 60.8 Å². The molecule has 0 unspecified atom stereocenters. The molecule has 0 aliphatic carbocycles. The van der Waals surface area contributed by atoms with Crippen molar-refractivity contribution in [2.75, 3.05) is 13.2 Å². The number of ether oxygens (including phenoxy) is 1. The van der Waals surface area contributed by atoms with Gasteiger partial charge in [-0.1, -0.05) is 30.3 Å². The minimum atomic E-state index is -0.0774. The fourth-order valence-electron chi connectivity index (χ4n) is 2.30. The molecule has 4 heteroatoms. The molecular formula is C18H18N2O2. The number of amides is 1. The quantitative estimate of drug-likeness (QED) is 0.686. The third-order valence-corrected chi connectivity index (χ3v) is 3.46. The monoisotopic (exact) mass is 294 g/mol. The van der Waals surface area contributed by atoms with Gasteiger partial charge >= 0.3 is 0 Å². The number of carbonyl (C=O) groups is 1. The third kappa shape index (κ3) is 3.54. The van der Waals surface area contributed by atoms with Gasteiger partial charge in [-0.25, -0.2) is 0 Å². The first-order valence-electron chi connectivity index (χ1n) is 7.30. The van der Waals surface area contributed by atoms with E-state index in [1.165, 1.54) is 0 Å². The molecule has 0 aliphatic rings. The van der Waals surface area contributed by atoms with Gasteiger partial charge in [0.15, 0.2) is 0 Å². The summed E-state index contributed by atoms with van der Waals surface area (Å²) in [6.45, 7) is 1.55. The number of H-pyrrole nitrogens is 1. The highest BCUT2D eigenvalue weighted by Gasteiger charge is 2.06. The summed E-state index contributed by atoms with van der Waals surface area (Å²) in [5, 5.41) is 3.90. The molecule has 3 aromatic rings. The highest BCUT2D eigenvalue weighted by atomic mass is 16.5. The van der Waals surface area contributed by atoms with Gasteiger partial charge in [-0.15, -0.1) is 0 Å². The van der Waals surface area contributed by atoms with Crippen molar-refractivity contribution in [1.82, 2.24) is 10.3 Å². The molecule has 1 amide bonds. The summed E-state index contributed by atoms with van der Waals surface area (Å²) in [7, 11) is 0. The summed E-state index contributed by atoms with van der Waals surface area (Å²) >= 11 is 0. The van der Waals surface area contributed by atoms with Crippen LogP contribution in [-0.2, 0) is 11.3 Å². The van der Waals surface area contributed by atoms with Crippen molar-refractivity contribution in [3.63, 3.8) is 0 Å². The van der Waals surface area contributed by atoms with E-state index in [1.807, 2.05) is 60.8 Å². The second-order valence-corrected chi connectivity index (χ2v) is 5.07. The van der Waals surface area contributed by atoms with Crippen LogP contribution in [0, 0.1) is 0 Å². The number of aromatic amines is 1. The molecule has 0 radical (unpaired) electrons. The summed E-state index contributed by atoms with van der Waals surface area (Å²) in [4.78, 5) is 15.2. The van der Waals surface area contributed by atoms with E-state index in [-0.39, 0.29) is 5.91 Å². The van der Waals surface area contributed by atoms with Crippen molar-refractivity contribution >= 4 is 16.8 Å². The minimum absolute atomic E-state index is 0.0774. The largest absolute Gasteiger partial charge is 0.375 e. The fourth-order valence-corrected chi connectivity index (χ4v) is 2.30. The summed E-state index contributed by atoms with van der Waals surface area (Å²) in [5.74, 6) is -0.0774. The molecule has 0 spiro atoms. The van der Waals surface area contributed by atoms with Gasteiger partial charge in [-0.2, -0.15) is 0 Å². The number of nitrogens with one attached hydrogen (secondary N) is 2.